The summed E-state index contributed by atoms with van der Waals surface area (Å²) in [7, 11) is 1.63. The normalized spacial score (nSPS) is 17.2. The average molecular weight is 299 g/mol. The van der Waals surface area contributed by atoms with Crippen LogP contribution in [0.15, 0.2) is 0 Å². The summed E-state index contributed by atoms with van der Waals surface area (Å²) < 4.78 is 0. The molecule has 1 unspecified atom stereocenters. The van der Waals surface area contributed by atoms with Crippen molar-refractivity contribution in [2.24, 2.45) is 11.8 Å². The zero-order valence-corrected chi connectivity index (χ0v) is 13.0. The van der Waals surface area contributed by atoms with Gasteiger partial charge in [0.05, 0.1) is 5.92 Å². The topological polar surface area (TPSA) is 90.0 Å². The molecule has 120 valence electrons. The fourth-order valence-corrected chi connectivity index (χ4v) is 2.42. The maximum absolute atomic E-state index is 12.2. The van der Waals surface area contributed by atoms with Crippen molar-refractivity contribution >= 4 is 17.9 Å². The first-order chi connectivity index (χ1) is 9.81. The maximum Gasteiger partial charge on any atom is 0.319 e. The molecule has 1 aliphatic rings. The molecule has 1 saturated heterocycles. The van der Waals surface area contributed by atoms with Gasteiger partial charge in [-0.25, -0.2) is 4.79 Å². The SMILES string of the molecule is CC(=O)NCC1CCN(C(=O)N(C)CC(C)C(=O)O)CC1. The Morgan fingerprint density at radius 1 is 1.33 bits per heavy atom. The number of carbonyl (C=O) groups excluding carboxylic acids is 2. The predicted octanol–water partition coefficient (Wildman–Crippen LogP) is 0.607. The highest BCUT2D eigenvalue weighted by molar-refractivity contribution is 5.76. The van der Waals surface area contributed by atoms with Crippen LogP contribution in [0.1, 0.15) is 26.7 Å². The van der Waals surface area contributed by atoms with Crippen molar-refractivity contribution in [2.45, 2.75) is 26.7 Å². The summed E-state index contributed by atoms with van der Waals surface area (Å²) in [5.41, 5.74) is 0. The van der Waals surface area contributed by atoms with E-state index in [1.807, 2.05) is 0 Å². The van der Waals surface area contributed by atoms with Crippen molar-refractivity contribution in [3.63, 3.8) is 0 Å². The van der Waals surface area contributed by atoms with E-state index in [-0.39, 0.29) is 18.5 Å². The highest BCUT2D eigenvalue weighted by Gasteiger charge is 2.26. The van der Waals surface area contributed by atoms with E-state index in [0.29, 0.717) is 25.6 Å². The van der Waals surface area contributed by atoms with Gasteiger partial charge in [0.25, 0.3) is 0 Å². The van der Waals surface area contributed by atoms with E-state index < -0.39 is 11.9 Å². The first-order valence-electron chi connectivity index (χ1n) is 7.28. The van der Waals surface area contributed by atoms with Crippen molar-refractivity contribution in [3.8, 4) is 0 Å². The molecule has 1 fully saturated rings. The highest BCUT2D eigenvalue weighted by atomic mass is 16.4. The second-order valence-corrected chi connectivity index (χ2v) is 5.77. The molecule has 7 heteroatoms. The fourth-order valence-electron chi connectivity index (χ4n) is 2.42. The summed E-state index contributed by atoms with van der Waals surface area (Å²) >= 11 is 0. The Morgan fingerprint density at radius 3 is 2.38 bits per heavy atom. The van der Waals surface area contributed by atoms with Gasteiger partial charge in [-0.1, -0.05) is 6.92 Å². The van der Waals surface area contributed by atoms with E-state index in [9.17, 15) is 14.4 Å². The van der Waals surface area contributed by atoms with Crippen LogP contribution in [0.5, 0.6) is 0 Å². The summed E-state index contributed by atoms with van der Waals surface area (Å²) in [6, 6.07) is -0.124. The zero-order valence-electron chi connectivity index (χ0n) is 13.0. The highest BCUT2D eigenvalue weighted by Crippen LogP contribution is 2.17. The van der Waals surface area contributed by atoms with E-state index >= 15 is 0 Å². The molecule has 0 aromatic heterocycles. The minimum Gasteiger partial charge on any atom is -0.481 e. The number of amides is 3. The van der Waals surface area contributed by atoms with Crippen molar-refractivity contribution < 1.29 is 19.5 Å². The van der Waals surface area contributed by atoms with Crippen molar-refractivity contribution in [2.75, 3.05) is 33.2 Å². The first-order valence-corrected chi connectivity index (χ1v) is 7.28. The van der Waals surface area contributed by atoms with E-state index in [1.165, 1.54) is 11.8 Å². The van der Waals surface area contributed by atoms with Crippen molar-refractivity contribution in [1.82, 2.24) is 15.1 Å². The van der Waals surface area contributed by atoms with Gasteiger partial charge in [-0.2, -0.15) is 0 Å². The van der Waals surface area contributed by atoms with Gasteiger partial charge in [-0.05, 0) is 18.8 Å². The van der Waals surface area contributed by atoms with Crippen LogP contribution < -0.4 is 5.32 Å². The van der Waals surface area contributed by atoms with E-state index in [0.717, 1.165) is 12.8 Å². The number of nitrogens with one attached hydrogen (secondary N) is 1. The molecular weight excluding hydrogens is 274 g/mol. The first kappa shape index (κ1) is 17.3. The summed E-state index contributed by atoms with van der Waals surface area (Å²) in [6.45, 7) is 5.25. The molecule has 7 nitrogen and oxygen atoms in total. The third kappa shape index (κ3) is 5.61. The average Bonchev–Trinajstić information content (AvgIpc) is 2.44. The second-order valence-electron chi connectivity index (χ2n) is 5.77. The molecule has 1 heterocycles. The number of rotatable bonds is 5. The lowest BCUT2D eigenvalue weighted by Gasteiger charge is -2.35. The third-order valence-corrected chi connectivity index (χ3v) is 3.82. The molecule has 0 spiro atoms. The Bertz CT molecular complexity index is 392. The molecule has 1 rings (SSSR count). The molecule has 0 bridgehead atoms. The van der Waals surface area contributed by atoms with E-state index in [4.69, 9.17) is 5.11 Å². The van der Waals surface area contributed by atoms with Crippen LogP contribution >= 0.6 is 0 Å². The quantitative estimate of drug-likeness (QED) is 0.778. The van der Waals surface area contributed by atoms with Crippen molar-refractivity contribution in [3.05, 3.63) is 0 Å². The predicted molar refractivity (Wildman–Crippen MR) is 77.8 cm³/mol. The van der Waals surface area contributed by atoms with E-state index in [2.05, 4.69) is 5.32 Å². The van der Waals surface area contributed by atoms with Crippen LogP contribution in [0, 0.1) is 11.8 Å². The lowest BCUT2D eigenvalue weighted by Crippen LogP contribution is -2.47. The van der Waals surface area contributed by atoms with Gasteiger partial charge in [0, 0.05) is 40.2 Å². The largest absolute Gasteiger partial charge is 0.481 e. The number of nitrogens with zero attached hydrogens (tertiary/aromatic N) is 2. The maximum atomic E-state index is 12.2. The number of aliphatic carboxylic acids is 1. The van der Waals surface area contributed by atoms with Gasteiger partial charge in [0.2, 0.25) is 5.91 Å². The number of carbonyl (C=O) groups is 3. The number of carboxylic acid groups (broad SMARTS) is 1. The van der Waals surface area contributed by atoms with Crippen LogP contribution in [-0.4, -0.2) is 66.0 Å². The number of carboxylic acids is 1. The fraction of sp³-hybridized carbons (Fsp3) is 0.786. The van der Waals surface area contributed by atoms with Crippen LogP contribution in [0.25, 0.3) is 0 Å². The molecule has 21 heavy (non-hydrogen) atoms. The number of urea groups is 1. The Morgan fingerprint density at radius 2 is 1.90 bits per heavy atom. The van der Waals surface area contributed by atoms with Crippen LogP contribution in [0.3, 0.4) is 0 Å². The number of hydrogen-bond acceptors (Lipinski definition) is 3. The lowest BCUT2D eigenvalue weighted by molar-refractivity contribution is -0.141. The Balaban J connectivity index is 2.37. The Kier molecular flexibility index (Phi) is 6.45. The van der Waals surface area contributed by atoms with Gasteiger partial charge in [-0.15, -0.1) is 0 Å². The van der Waals surface area contributed by atoms with Crippen molar-refractivity contribution in [1.29, 1.82) is 0 Å². The number of hydrogen-bond donors (Lipinski definition) is 2. The van der Waals surface area contributed by atoms with Gasteiger partial charge >= 0.3 is 12.0 Å². The van der Waals surface area contributed by atoms with E-state index in [1.54, 1.807) is 18.9 Å². The zero-order chi connectivity index (χ0) is 16.0. The standard InChI is InChI=1S/C14H25N3O4/c1-10(13(19)20)9-16(3)14(21)17-6-4-12(5-7-17)8-15-11(2)18/h10,12H,4-9H2,1-3H3,(H,15,18)(H,19,20). The minimum atomic E-state index is -0.899. The summed E-state index contributed by atoms with van der Waals surface area (Å²) in [6.07, 6.45) is 1.71. The molecule has 0 radical (unpaired) electrons. The molecule has 3 amide bonds. The smallest absolute Gasteiger partial charge is 0.319 e. The lowest BCUT2D eigenvalue weighted by atomic mass is 9.97. The molecule has 1 aliphatic heterocycles. The van der Waals surface area contributed by atoms with Crippen LogP contribution in [0.4, 0.5) is 4.79 Å². The number of piperidine rings is 1. The molecule has 1 atom stereocenters. The number of likely N-dealkylation sites (tertiary alicyclic amines) is 1. The van der Waals surface area contributed by atoms with Crippen LogP contribution in [0.2, 0.25) is 0 Å². The van der Waals surface area contributed by atoms with Crippen LogP contribution in [-0.2, 0) is 9.59 Å². The van der Waals surface area contributed by atoms with Gasteiger partial charge < -0.3 is 20.2 Å². The Labute approximate surface area is 125 Å². The minimum absolute atomic E-state index is 0.0316. The third-order valence-electron chi connectivity index (χ3n) is 3.82. The van der Waals surface area contributed by atoms with Gasteiger partial charge in [-0.3, -0.25) is 9.59 Å². The molecule has 0 aromatic rings. The molecule has 0 saturated carbocycles. The summed E-state index contributed by atoms with van der Waals surface area (Å²) in [5.74, 6) is -1.10. The molecule has 2 N–H and O–H groups in total. The molecule has 0 aromatic carbocycles. The Hall–Kier alpha value is -1.79. The van der Waals surface area contributed by atoms with Gasteiger partial charge in [0.15, 0.2) is 0 Å². The molecular formula is C14H25N3O4. The summed E-state index contributed by atoms with van der Waals surface area (Å²) in [5, 5.41) is 11.7. The monoisotopic (exact) mass is 299 g/mol. The molecule has 0 aliphatic carbocycles. The second kappa shape index (κ2) is 7.85. The van der Waals surface area contributed by atoms with Gasteiger partial charge in [0.1, 0.15) is 0 Å². The summed E-state index contributed by atoms with van der Waals surface area (Å²) in [4.78, 5) is 37.1.